The molecule has 4 nitrogen and oxygen atoms in total. The Bertz CT molecular complexity index is 417. The van der Waals surface area contributed by atoms with Crippen LogP contribution in [-0.2, 0) is 9.53 Å². The molecular weight excluding hydrogens is 262 g/mol. The number of rotatable bonds is 4. The Morgan fingerprint density at radius 2 is 2.00 bits per heavy atom. The summed E-state index contributed by atoms with van der Waals surface area (Å²) in [4.78, 5) is 23.5. The Balaban J connectivity index is 2.54. The number of carbonyl (C=O) groups is 2. The van der Waals surface area contributed by atoms with E-state index in [4.69, 9.17) is 16.3 Å². The summed E-state index contributed by atoms with van der Waals surface area (Å²) in [6.45, 7) is 5.21. The Morgan fingerprint density at radius 1 is 1.35 bits per heavy atom. The van der Waals surface area contributed by atoms with E-state index in [0.717, 1.165) is 11.3 Å². The molecule has 0 aliphatic carbocycles. The molecule has 1 N–H and O–H groups in total. The van der Waals surface area contributed by atoms with Crippen LogP contribution >= 0.6 is 22.9 Å². The molecule has 1 rings (SSSR count). The minimum absolute atomic E-state index is 0.0137. The van der Waals surface area contributed by atoms with Crippen molar-refractivity contribution in [2.24, 2.45) is 0 Å². The molecule has 1 aromatic heterocycles. The zero-order valence-electron chi connectivity index (χ0n) is 9.82. The minimum atomic E-state index is -0.814. The van der Waals surface area contributed by atoms with E-state index in [1.54, 1.807) is 12.1 Å². The van der Waals surface area contributed by atoms with Crippen molar-refractivity contribution in [3.63, 3.8) is 0 Å². The lowest BCUT2D eigenvalue weighted by Gasteiger charge is -2.14. The predicted molar refractivity (Wildman–Crippen MR) is 67.5 cm³/mol. The van der Waals surface area contributed by atoms with Crippen molar-refractivity contribution in [3.05, 3.63) is 21.3 Å². The smallest absolute Gasteiger partial charge is 0.349 e. The van der Waals surface area contributed by atoms with Crippen LogP contribution in [0.2, 0.25) is 4.34 Å². The summed E-state index contributed by atoms with van der Waals surface area (Å²) >= 11 is 6.83. The van der Waals surface area contributed by atoms with E-state index in [1.807, 2.05) is 13.8 Å². The molecule has 0 spiro atoms. The normalized spacial score (nSPS) is 12.3. The van der Waals surface area contributed by atoms with Gasteiger partial charge in [0.25, 0.3) is 5.91 Å². The van der Waals surface area contributed by atoms with E-state index in [9.17, 15) is 9.59 Å². The minimum Gasteiger partial charge on any atom is -0.448 e. The van der Waals surface area contributed by atoms with Gasteiger partial charge in [-0.2, -0.15) is 0 Å². The third-order valence-electron chi connectivity index (χ3n) is 1.86. The molecule has 0 saturated heterocycles. The zero-order valence-corrected chi connectivity index (χ0v) is 11.4. The van der Waals surface area contributed by atoms with Gasteiger partial charge in [0.2, 0.25) is 0 Å². The summed E-state index contributed by atoms with van der Waals surface area (Å²) in [5.74, 6) is -0.843. The van der Waals surface area contributed by atoms with Crippen molar-refractivity contribution >= 4 is 34.8 Å². The molecule has 0 radical (unpaired) electrons. The average molecular weight is 276 g/mol. The standard InChI is InChI=1S/C11H14ClNO3S/c1-6(2)13-10(14)7(3)16-11(15)8-4-5-9(12)17-8/h4-7H,1-3H3,(H,13,14). The van der Waals surface area contributed by atoms with Gasteiger partial charge in [-0.25, -0.2) is 4.79 Å². The van der Waals surface area contributed by atoms with Crippen molar-refractivity contribution in [1.29, 1.82) is 0 Å². The third kappa shape index (κ3) is 4.36. The molecule has 0 aliphatic rings. The fourth-order valence-corrected chi connectivity index (χ4v) is 2.02. The maximum absolute atomic E-state index is 11.6. The average Bonchev–Trinajstić information content (AvgIpc) is 2.63. The molecule has 0 aromatic carbocycles. The molecule has 1 amide bonds. The molecule has 0 saturated carbocycles. The van der Waals surface area contributed by atoms with E-state index < -0.39 is 12.1 Å². The summed E-state index contributed by atoms with van der Waals surface area (Å²) < 4.78 is 5.52. The third-order valence-corrected chi connectivity index (χ3v) is 3.07. The van der Waals surface area contributed by atoms with Gasteiger partial charge in [0, 0.05) is 6.04 Å². The van der Waals surface area contributed by atoms with Crippen LogP contribution in [0.4, 0.5) is 0 Å². The number of ether oxygens (including phenoxy) is 1. The molecule has 0 bridgehead atoms. The van der Waals surface area contributed by atoms with Gasteiger partial charge >= 0.3 is 5.97 Å². The molecule has 1 atom stereocenters. The van der Waals surface area contributed by atoms with E-state index in [2.05, 4.69) is 5.32 Å². The number of carbonyl (C=O) groups excluding carboxylic acids is 2. The van der Waals surface area contributed by atoms with Crippen molar-refractivity contribution in [1.82, 2.24) is 5.32 Å². The Labute approximate surface area is 109 Å². The number of esters is 1. The van der Waals surface area contributed by atoms with Crippen molar-refractivity contribution < 1.29 is 14.3 Å². The van der Waals surface area contributed by atoms with Crippen LogP contribution in [0.1, 0.15) is 30.4 Å². The van der Waals surface area contributed by atoms with Crippen LogP contribution in [0.5, 0.6) is 0 Å². The van der Waals surface area contributed by atoms with Crippen LogP contribution in [0.15, 0.2) is 12.1 Å². The second kappa shape index (κ2) is 6.02. The quantitative estimate of drug-likeness (QED) is 0.859. The molecule has 0 fully saturated rings. The lowest BCUT2D eigenvalue weighted by molar-refractivity contribution is -0.129. The molecule has 0 aliphatic heterocycles. The van der Waals surface area contributed by atoms with E-state index in [1.165, 1.54) is 6.92 Å². The predicted octanol–water partition coefficient (Wildman–Crippen LogP) is 2.47. The lowest BCUT2D eigenvalue weighted by atomic mass is 10.3. The van der Waals surface area contributed by atoms with E-state index in [0.29, 0.717) is 9.21 Å². The van der Waals surface area contributed by atoms with Crippen molar-refractivity contribution in [2.75, 3.05) is 0 Å². The topological polar surface area (TPSA) is 55.4 Å². The van der Waals surface area contributed by atoms with Gasteiger partial charge in [0.1, 0.15) is 4.88 Å². The summed E-state index contributed by atoms with van der Waals surface area (Å²) in [6.07, 6.45) is -0.814. The number of hydrogen-bond donors (Lipinski definition) is 1. The van der Waals surface area contributed by atoms with E-state index >= 15 is 0 Å². The van der Waals surface area contributed by atoms with Gasteiger partial charge in [-0.1, -0.05) is 11.6 Å². The number of halogens is 1. The Kier molecular flexibility index (Phi) is 4.96. The number of nitrogens with one attached hydrogen (secondary N) is 1. The van der Waals surface area contributed by atoms with Crippen LogP contribution < -0.4 is 5.32 Å². The highest BCUT2D eigenvalue weighted by Crippen LogP contribution is 2.22. The first-order valence-corrected chi connectivity index (χ1v) is 6.36. The monoisotopic (exact) mass is 275 g/mol. The van der Waals surface area contributed by atoms with Gasteiger partial charge < -0.3 is 10.1 Å². The maximum Gasteiger partial charge on any atom is 0.349 e. The molecule has 1 aromatic rings. The lowest BCUT2D eigenvalue weighted by Crippen LogP contribution is -2.39. The van der Waals surface area contributed by atoms with Gasteiger partial charge in [-0.15, -0.1) is 11.3 Å². The largest absolute Gasteiger partial charge is 0.448 e. The first-order chi connectivity index (χ1) is 7.90. The maximum atomic E-state index is 11.6. The number of amides is 1. The summed E-state index contributed by atoms with van der Waals surface area (Å²) in [5.41, 5.74) is 0. The first-order valence-electron chi connectivity index (χ1n) is 5.17. The fraction of sp³-hybridized carbons (Fsp3) is 0.455. The SMILES string of the molecule is CC(C)NC(=O)C(C)OC(=O)c1ccc(Cl)s1. The Morgan fingerprint density at radius 3 is 2.47 bits per heavy atom. The molecule has 94 valence electrons. The molecule has 17 heavy (non-hydrogen) atoms. The Hall–Kier alpha value is -1.07. The van der Waals surface area contributed by atoms with Crippen LogP contribution in [0, 0.1) is 0 Å². The summed E-state index contributed by atoms with van der Waals surface area (Å²) in [7, 11) is 0. The van der Waals surface area contributed by atoms with Gasteiger partial charge in [-0.05, 0) is 32.9 Å². The highest BCUT2D eigenvalue weighted by atomic mass is 35.5. The van der Waals surface area contributed by atoms with Crippen molar-refractivity contribution in [2.45, 2.75) is 32.9 Å². The number of hydrogen-bond acceptors (Lipinski definition) is 4. The van der Waals surface area contributed by atoms with Gasteiger partial charge in [0.15, 0.2) is 6.10 Å². The van der Waals surface area contributed by atoms with Gasteiger partial charge in [-0.3, -0.25) is 4.79 Å². The van der Waals surface area contributed by atoms with E-state index in [-0.39, 0.29) is 11.9 Å². The second-order valence-corrected chi connectivity index (χ2v) is 5.53. The second-order valence-electron chi connectivity index (χ2n) is 3.81. The van der Waals surface area contributed by atoms with Crippen LogP contribution in [0.3, 0.4) is 0 Å². The summed E-state index contributed by atoms with van der Waals surface area (Å²) in [6, 6.07) is 3.20. The van der Waals surface area contributed by atoms with Crippen LogP contribution in [0.25, 0.3) is 0 Å². The molecule has 6 heteroatoms. The van der Waals surface area contributed by atoms with Crippen molar-refractivity contribution in [3.8, 4) is 0 Å². The zero-order chi connectivity index (χ0) is 13.0. The molecular formula is C11H14ClNO3S. The first kappa shape index (κ1) is 14.0. The number of thiophene rings is 1. The summed E-state index contributed by atoms with van der Waals surface area (Å²) in [5, 5.41) is 2.67. The highest BCUT2D eigenvalue weighted by Gasteiger charge is 2.20. The molecule has 1 unspecified atom stereocenters. The van der Waals surface area contributed by atoms with Crippen LogP contribution in [-0.4, -0.2) is 24.0 Å². The molecule has 1 heterocycles. The van der Waals surface area contributed by atoms with Gasteiger partial charge in [0.05, 0.1) is 4.34 Å². The highest BCUT2D eigenvalue weighted by molar-refractivity contribution is 7.17. The fourth-order valence-electron chi connectivity index (χ4n) is 1.10.